The van der Waals surface area contributed by atoms with Crippen LogP contribution in [0.5, 0.6) is 0 Å². The molecule has 0 amide bonds. The summed E-state index contributed by atoms with van der Waals surface area (Å²) in [6.07, 6.45) is 0.226. The third-order valence-corrected chi connectivity index (χ3v) is 2.63. The van der Waals surface area contributed by atoms with Crippen molar-refractivity contribution in [1.29, 1.82) is 5.26 Å². The molecule has 0 radical (unpaired) electrons. The lowest BCUT2D eigenvalue weighted by molar-refractivity contribution is 0.0858. The van der Waals surface area contributed by atoms with E-state index in [1.807, 2.05) is 26.8 Å². The van der Waals surface area contributed by atoms with E-state index in [2.05, 4.69) is 0 Å². The molecule has 0 unspecified atom stereocenters. The molecule has 84 valence electrons. The molecule has 0 saturated heterocycles. The Morgan fingerprint density at radius 1 is 1.44 bits per heavy atom. The fraction of sp³-hybridized carbons (Fsp3) is 0.385. The first-order valence-corrected chi connectivity index (χ1v) is 5.44. The molecule has 3 heteroatoms. The predicted molar refractivity (Wildman–Crippen MR) is 64.6 cm³/mol. The summed E-state index contributed by atoms with van der Waals surface area (Å²) >= 11 is 5.93. The van der Waals surface area contributed by atoms with Gasteiger partial charge in [0, 0.05) is 16.0 Å². The quantitative estimate of drug-likeness (QED) is 0.735. The van der Waals surface area contributed by atoms with Gasteiger partial charge in [-0.3, -0.25) is 4.79 Å². The van der Waals surface area contributed by atoms with Gasteiger partial charge in [0.1, 0.15) is 0 Å². The van der Waals surface area contributed by atoms with Crippen molar-refractivity contribution in [1.82, 2.24) is 0 Å². The second-order valence-electron chi connectivity index (χ2n) is 4.72. The van der Waals surface area contributed by atoms with Gasteiger partial charge in [0.25, 0.3) is 0 Å². The van der Waals surface area contributed by atoms with Crippen LogP contribution in [0.1, 0.15) is 36.7 Å². The molecule has 0 saturated carbocycles. The number of halogens is 1. The molecule has 1 aromatic rings. The van der Waals surface area contributed by atoms with Gasteiger partial charge < -0.3 is 0 Å². The zero-order chi connectivity index (χ0) is 12.3. The zero-order valence-corrected chi connectivity index (χ0v) is 10.4. The summed E-state index contributed by atoms with van der Waals surface area (Å²) in [5, 5.41) is 9.17. The van der Waals surface area contributed by atoms with E-state index in [0.717, 1.165) is 0 Å². The Kier molecular flexibility index (Phi) is 3.72. The van der Waals surface area contributed by atoms with Gasteiger partial charge in [0.05, 0.1) is 12.5 Å². The van der Waals surface area contributed by atoms with E-state index in [-0.39, 0.29) is 12.2 Å². The Labute approximate surface area is 101 Å². The lowest BCUT2D eigenvalue weighted by atomic mass is 9.86. The van der Waals surface area contributed by atoms with Gasteiger partial charge in [0.15, 0.2) is 5.78 Å². The minimum Gasteiger partial charge on any atom is -0.294 e. The Hall–Kier alpha value is -1.33. The van der Waals surface area contributed by atoms with E-state index in [0.29, 0.717) is 16.1 Å². The van der Waals surface area contributed by atoms with Crippen LogP contribution < -0.4 is 0 Å². The minimum atomic E-state index is -0.419. The molecule has 0 aliphatic carbocycles. The van der Waals surface area contributed by atoms with Crippen LogP contribution in [0, 0.1) is 16.7 Å². The molecule has 2 nitrogen and oxygen atoms in total. The second kappa shape index (κ2) is 4.67. The molecular formula is C13H14ClNO. The average Bonchev–Trinajstić information content (AvgIpc) is 2.19. The number of benzene rings is 1. The summed E-state index contributed by atoms with van der Waals surface area (Å²) in [7, 11) is 0. The first-order chi connectivity index (χ1) is 7.36. The van der Waals surface area contributed by atoms with Crippen LogP contribution in [-0.4, -0.2) is 5.78 Å². The maximum Gasteiger partial charge on any atom is 0.168 e. The van der Waals surface area contributed by atoms with Crippen molar-refractivity contribution < 1.29 is 4.79 Å². The van der Waals surface area contributed by atoms with Gasteiger partial charge in [-0.1, -0.05) is 32.4 Å². The van der Waals surface area contributed by atoms with Crippen LogP contribution in [0.4, 0.5) is 0 Å². The highest BCUT2D eigenvalue weighted by atomic mass is 35.5. The largest absolute Gasteiger partial charge is 0.294 e. The van der Waals surface area contributed by atoms with Gasteiger partial charge in [0.2, 0.25) is 0 Å². The van der Waals surface area contributed by atoms with Crippen molar-refractivity contribution in [2.75, 3.05) is 0 Å². The number of carbonyl (C=O) groups is 1. The Morgan fingerprint density at radius 2 is 2.06 bits per heavy atom. The maximum atomic E-state index is 12.0. The first-order valence-electron chi connectivity index (χ1n) is 5.06. The molecule has 0 N–H and O–H groups in total. The standard InChI is InChI=1S/C13H14ClNO/c1-13(2,3)12(16)10-4-5-11(14)9(8-10)6-7-15/h4-5,8H,6H2,1-3H3. The van der Waals surface area contributed by atoms with Crippen molar-refractivity contribution in [3.05, 3.63) is 34.3 Å². The molecule has 0 spiro atoms. The van der Waals surface area contributed by atoms with E-state index >= 15 is 0 Å². The number of ketones is 1. The molecular weight excluding hydrogens is 222 g/mol. The fourth-order valence-electron chi connectivity index (χ4n) is 1.37. The number of nitriles is 1. The van der Waals surface area contributed by atoms with Crippen molar-refractivity contribution in [3.8, 4) is 6.07 Å². The normalized spacial score (nSPS) is 10.9. The van der Waals surface area contributed by atoms with Crippen LogP contribution in [0.2, 0.25) is 5.02 Å². The van der Waals surface area contributed by atoms with Gasteiger partial charge in [-0.15, -0.1) is 0 Å². The Bertz CT molecular complexity index is 452. The highest BCUT2D eigenvalue weighted by Crippen LogP contribution is 2.24. The van der Waals surface area contributed by atoms with E-state index in [9.17, 15) is 4.79 Å². The summed E-state index contributed by atoms with van der Waals surface area (Å²) < 4.78 is 0. The Morgan fingerprint density at radius 3 is 2.56 bits per heavy atom. The first kappa shape index (κ1) is 12.7. The lowest BCUT2D eigenvalue weighted by Gasteiger charge is -2.17. The number of nitrogens with zero attached hydrogens (tertiary/aromatic N) is 1. The van der Waals surface area contributed by atoms with Gasteiger partial charge in [-0.05, 0) is 23.8 Å². The molecule has 0 fully saturated rings. The summed E-state index contributed by atoms with van der Waals surface area (Å²) in [4.78, 5) is 12.0. The van der Waals surface area contributed by atoms with Crippen molar-refractivity contribution in [2.24, 2.45) is 5.41 Å². The molecule has 1 rings (SSSR count). The summed E-state index contributed by atoms with van der Waals surface area (Å²) in [6, 6.07) is 7.12. The lowest BCUT2D eigenvalue weighted by Crippen LogP contribution is -2.20. The van der Waals surface area contributed by atoms with Crippen LogP contribution in [0.15, 0.2) is 18.2 Å². The maximum absolute atomic E-state index is 12.0. The van der Waals surface area contributed by atoms with E-state index < -0.39 is 5.41 Å². The smallest absolute Gasteiger partial charge is 0.168 e. The predicted octanol–water partition coefficient (Wildman–Crippen LogP) is 3.63. The molecule has 0 bridgehead atoms. The van der Waals surface area contributed by atoms with Crippen LogP contribution >= 0.6 is 11.6 Å². The average molecular weight is 236 g/mol. The topological polar surface area (TPSA) is 40.9 Å². The van der Waals surface area contributed by atoms with Crippen LogP contribution in [0.3, 0.4) is 0 Å². The van der Waals surface area contributed by atoms with Crippen molar-refractivity contribution in [2.45, 2.75) is 27.2 Å². The molecule has 0 atom stereocenters. The highest BCUT2D eigenvalue weighted by molar-refractivity contribution is 6.31. The third-order valence-electron chi connectivity index (χ3n) is 2.26. The summed E-state index contributed by atoms with van der Waals surface area (Å²) in [6.45, 7) is 5.61. The van der Waals surface area contributed by atoms with Crippen LogP contribution in [0.25, 0.3) is 0 Å². The Balaban J connectivity index is 3.14. The molecule has 0 aliphatic rings. The van der Waals surface area contributed by atoms with Crippen LogP contribution in [-0.2, 0) is 6.42 Å². The van der Waals surface area contributed by atoms with E-state index in [4.69, 9.17) is 16.9 Å². The molecule has 0 heterocycles. The molecule has 1 aromatic carbocycles. The second-order valence-corrected chi connectivity index (χ2v) is 5.13. The van der Waals surface area contributed by atoms with Crippen molar-refractivity contribution in [3.63, 3.8) is 0 Å². The summed E-state index contributed by atoms with van der Waals surface area (Å²) in [5.41, 5.74) is 0.902. The van der Waals surface area contributed by atoms with E-state index in [1.54, 1.807) is 18.2 Å². The molecule has 0 aromatic heterocycles. The molecule has 16 heavy (non-hydrogen) atoms. The third kappa shape index (κ3) is 2.84. The SMILES string of the molecule is CC(C)(C)C(=O)c1ccc(Cl)c(CC#N)c1. The van der Waals surface area contributed by atoms with Gasteiger partial charge in [-0.2, -0.15) is 5.26 Å². The minimum absolute atomic E-state index is 0.0587. The number of Topliss-reactive ketones (excluding diaryl/α,β-unsaturated/α-hetero) is 1. The van der Waals surface area contributed by atoms with E-state index in [1.165, 1.54) is 0 Å². The van der Waals surface area contributed by atoms with Crippen molar-refractivity contribution >= 4 is 17.4 Å². The van der Waals surface area contributed by atoms with Gasteiger partial charge >= 0.3 is 0 Å². The van der Waals surface area contributed by atoms with Gasteiger partial charge in [-0.25, -0.2) is 0 Å². The number of hydrogen-bond donors (Lipinski definition) is 0. The fourth-order valence-corrected chi connectivity index (χ4v) is 1.55. The number of rotatable bonds is 2. The molecule has 0 aliphatic heterocycles. The summed E-state index contributed by atoms with van der Waals surface area (Å²) in [5.74, 6) is 0.0587. The highest BCUT2D eigenvalue weighted by Gasteiger charge is 2.23. The number of carbonyl (C=O) groups excluding carboxylic acids is 1. The zero-order valence-electron chi connectivity index (χ0n) is 9.67. The monoisotopic (exact) mass is 235 g/mol. The number of hydrogen-bond acceptors (Lipinski definition) is 2.